The van der Waals surface area contributed by atoms with E-state index < -0.39 is 22.7 Å². The van der Waals surface area contributed by atoms with Crippen LogP contribution in [0.15, 0.2) is 18.2 Å². The summed E-state index contributed by atoms with van der Waals surface area (Å²) in [5.41, 5.74) is -1.42. The number of amides is 2. The molecule has 178 valence electrons. The van der Waals surface area contributed by atoms with Gasteiger partial charge in [-0.05, 0) is 43.9 Å². The van der Waals surface area contributed by atoms with Gasteiger partial charge in [-0.3, -0.25) is 9.59 Å². The number of halogens is 3. The largest absolute Gasteiger partial charge is 0.417 e. The molecule has 1 spiro atoms. The third kappa shape index (κ3) is 4.40. The lowest BCUT2D eigenvalue weighted by atomic mass is 9.70. The Morgan fingerprint density at radius 3 is 2.42 bits per heavy atom. The van der Waals surface area contributed by atoms with Gasteiger partial charge in [0.15, 0.2) is 0 Å². The van der Waals surface area contributed by atoms with E-state index >= 15 is 0 Å². The monoisotopic (exact) mass is 462 g/mol. The van der Waals surface area contributed by atoms with Crippen LogP contribution in [0.5, 0.6) is 0 Å². The molecule has 1 aromatic carbocycles. The van der Waals surface area contributed by atoms with Crippen LogP contribution in [0.25, 0.3) is 0 Å². The summed E-state index contributed by atoms with van der Waals surface area (Å²) in [5, 5.41) is 11.8. The molecule has 3 fully saturated rings. The van der Waals surface area contributed by atoms with Crippen molar-refractivity contribution in [3.63, 3.8) is 0 Å². The van der Waals surface area contributed by atoms with E-state index in [2.05, 4.69) is 5.32 Å². The Kier molecular flexibility index (Phi) is 6.30. The van der Waals surface area contributed by atoms with Crippen LogP contribution in [0.4, 0.5) is 18.9 Å². The van der Waals surface area contributed by atoms with Gasteiger partial charge in [-0.15, -0.1) is 0 Å². The summed E-state index contributed by atoms with van der Waals surface area (Å²) < 4.78 is 40.5. The Bertz CT molecular complexity index is 957. The molecule has 1 atom stereocenters. The number of carbonyl (C=O) groups is 2. The zero-order valence-electron chi connectivity index (χ0n) is 18.7. The molecule has 0 bridgehead atoms. The Labute approximate surface area is 191 Å². The van der Waals surface area contributed by atoms with Crippen molar-refractivity contribution in [2.45, 2.75) is 44.7 Å². The molecule has 0 radical (unpaired) electrons. The molecule has 2 heterocycles. The number of anilines is 1. The molecular formula is C24H29F3N4O2. The molecule has 2 saturated heterocycles. The Morgan fingerprint density at radius 2 is 1.85 bits per heavy atom. The van der Waals surface area contributed by atoms with Gasteiger partial charge in [0.05, 0.1) is 23.1 Å². The second-order valence-electron chi connectivity index (χ2n) is 9.56. The number of carbonyl (C=O) groups excluding carboxylic acids is 2. The Morgan fingerprint density at radius 1 is 1.18 bits per heavy atom. The molecule has 1 aliphatic carbocycles. The SMILES string of the molecule is CNC(=O)C1CN(c2ccc(C#N)c(C(F)(F)F)c2)CC12CCN(C(=O)C1CCCC1)CC2. The van der Waals surface area contributed by atoms with Gasteiger partial charge < -0.3 is 15.1 Å². The average Bonchev–Trinajstić information content (AvgIpc) is 3.46. The molecule has 9 heteroatoms. The maximum absolute atomic E-state index is 13.5. The van der Waals surface area contributed by atoms with Crippen molar-refractivity contribution in [3.8, 4) is 6.07 Å². The van der Waals surface area contributed by atoms with Gasteiger partial charge in [0.1, 0.15) is 0 Å². The minimum atomic E-state index is -4.63. The highest BCUT2D eigenvalue weighted by Gasteiger charge is 2.52. The second kappa shape index (κ2) is 8.88. The fourth-order valence-electron chi connectivity index (χ4n) is 5.87. The maximum atomic E-state index is 13.5. The highest BCUT2D eigenvalue weighted by molar-refractivity contribution is 5.82. The lowest BCUT2D eigenvalue weighted by Gasteiger charge is -2.42. The first-order valence-electron chi connectivity index (χ1n) is 11.6. The van der Waals surface area contributed by atoms with Crippen molar-refractivity contribution in [3.05, 3.63) is 29.3 Å². The first-order chi connectivity index (χ1) is 15.7. The van der Waals surface area contributed by atoms with E-state index in [1.165, 1.54) is 12.1 Å². The van der Waals surface area contributed by atoms with Crippen LogP contribution < -0.4 is 10.2 Å². The fraction of sp³-hybridized carbons (Fsp3) is 0.625. The van der Waals surface area contributed by atoms with Crippen LogP contribution in [-0.4, -0.2) is 49.9 Å². The molecule has 6 nitrogen and oxygen atoms in total. The second-order valence-corrected chi connectivity index (χ2v) is 9.56. The van der Waals surface area contributed by atoms with Gasteiger partial charge in [-0.25, -0.2) is 0 Å². The zero-order chi connectivity index (χ0) is 23.8. The summed E-state index contributed by atoms with van der Waals surface area (Å²) in [6.45, 7) is 1.88. The third-order valence-corrected chi connectivity index (χ3v) is 7.78. The van der Waals surface area contributed by atoms with E-state index in [0.717, 1.165) is 31.7 Å². The summed E-state index contributed by atoms with van der Waals surface area (Å²) >= 11 is 0. The number of nitrogens with zero attached hydrogens (tertiary/aromatic N) is 3. The number of nitriles is 1. The van der Waals surface area contributed by atoms with Crippen molar-refractivity contribution in [1.82, 2.24) is 10.2 Å². The Hall–Kier alpha value is -2.76. The summed E-state index contributed by atoms with van der Waals surface area (Å²) in [6.07, 6.45) is 0.707. The minimum absolute atomic E-state index is 0.105. The normalized spacial score (nSPS) is 23.1. The molecular weight excluding hydrogens is 433 g/mol. The van der Waals surface area contributed by atoms with Crippen LogP contribution in [0.1, 0.15) is 49.7 Å². The molecule has 3 aliphatic rings. The molecule has 1 saturated carbocycles. The van der Waals surface area contributed by atoms with E-state index in [1.807, 2.05) is 9.80 Å². The molecule has 2 amide bonds. The highest BCUT2D eigenvalue weighted by atomic mass is 19.4. The summed E-state index contributed by atoms with van der Waals surface area (Å²) in [6, 6.07) is 5.34. The Balaban J connectivity index is 1.56. The number of benzene rings is 1. The standard InChI is InChI=1S/C24H29F3N4O2/c1-29-21(32)20-14-31(18-7-6-17(13-28)19(12-18)24(25,26)27)15-23(20)8-10-30(11-9-23)22(33)16-4-2-3-5-16/h6-7,12,16,20H,2-5,8-11,14-15H2,1H3,(H,29,32). The predicted molar refractivity (Wildman–Crippen MR) is 116 cm³/mol. The predicted octanol–water partition coefficient (Wildman–Crippen LogP) is 3.56. The van der Waals surface area contributed by atoms with Gasteiger partial charge in [-0.1, -0.05) is 12.8 Å². The number of hydrogen-bond donors (Lipinski definition) is 1. The molecule has 4 rings (SSSR count). The molecule has 1 N–H and O–H groups in total. The van der Waals surface area contributed by atoms with E-state index in [4.69, 9.17) is 5.26 Å². The first kappa shape index (κ1) is 23.4. The smallest absolute Gasteiger partial charge is 0.370 e. The van der Waals surface area contributed by atoms with Crippen LogP contribution in [0, 0.1) is 28.6 Å². The third-order valence-electron chi connectivity index (χ3n) is 7.78. The van der Waals surface area contributed by atoms with E-state index in [1.54, 1.807) is 13.1 Å². The molecule has 0 aromatic heterocycles. The van der Waals surface area contributed by atoms with Gasteiger partial charge in [0, 0.05) is 50.2 Å². The lowest BCUT2D eigenvalue weighted by molar-refractivity contribution is -0.139. The van der Waals surface area contributed by atoms with Crippen LogP contribution in [-0.2, 0) is 15.8 Å². The van der Waals surface area contributed by atoms with Crippen molar-refractivity contribution in [1.29, 1.82) is 5.26 Å². The van der Waals surface area contributed by atoms with Crippen molar-refractivity contribution in [2.24, 2.45) is 17.3 Å². The van der Waals surface area contributed by atoms with E-state index in [9.17, 15) is 22.8 Å². The van der Waals surface area contributed by atoms with Crippen molar-refractivity contribution in [2.75, 3.05) is 38.1 Å². The average molecular weight is 463 g/mol. The van der Waals surface area contributed by atoms with Gasteiger partial charge in [0.2, 0.25) is 11.8 Å². The molecule has 1 unspecified atom stereocenters. The van der Waals surface area contributed by atoms with Crippen molar-refractivity contribution >= 4 is 17.5 Å². The van der Waals surface area contributed by atoms with Crippen molar-refractivity contribution < 1.29 is 22.8 Å². The molecule has 33 heavy (non-hydrogen) atoms. The maximum Gasteiger partial charge on any atom is 0.417 e. The van der Waals surface area contributed by atoms with Crippen LogP contribution in [0.2, 0.25) is 0 Å². The number of alkyl halides is 3. The van der Waals surface area contributed by atoms with Gasteiger partial charge >= 0.3 is 6.18 Å². The minimum Gasteiger partial charge on any atom is -0.370 e. The summed E-state index contributed by atoms with van der Waals surface area (Å²) in [4.78, 5) is 29.4. The quantitative estimate of drug-likeness (QED) is 0.745. The lowest BCUT2D eigenvalue weighted by Crippen LogP contribution is -2.50. The first-order valence-corrected chi connectivity index (χ1v) is 11.6. The number of likely N-dealkylation sites (tertiary alicyclic amines) is 1. The van der Waals surface area contributed by atoms with E-state index in [-0.39, 0.29) is 23.7 Å². The fourth-order valence-corrected chi connectivity index (χ4v) is 5.87. The molecule has 1 aromatic rings. The highest BCUT2D eigenvalue weighted by Crippen LogP contribution is 2.47. The topological polar surface area (TPSA) is 76.4 Å². The zero-order valence-corrected chi connectivity index (χ0v) is 18.7. The number of rotatable bonds is 3. The van der Waals surface area contributed by atoms with Gasteiger partial charge in [0.25, 0.3) is 0 Å². The number of nitrogens with one attached hydrogen (secondary N) is 1. The van der Waals surface area contributed by atoms with Crippen LogP contribution >= 0.6 is 0 Å². The van der Waals surface area contributed by atoms with Crippen LogP contribution in [0.3, 0.4) is 0 Å². The summed E-state index contributed by atoms with van der Waals surface area (Å²) in [5.74, 6) is -0.196. The number of piperidine rings is 1. The van der Waals surface area contributed by atoms with E-state index in [0.29, 0.717) is 44.7 Å². The number of hydrogen-bond acceptors (Lipinski definition) is 4. The van der Waals surface area contributed by atoms with Gasteiger partial charge in [-0.2, -0.15) is 18.4 Å². The summed E-state index contributed by atoms with van der Waals surface area (Å²) in [7, 11) is 1.57. The molecule has 2 aliphatic heterocycles.